The molecule has 1 aliphatic rings. The first-order valence-corrected chi connectivity index (χ1v) is 11.0. The number of aliphatic hydroxyl groups excluding tert-OH is 4. The molecule has 1 aliphatic heterocycles. The number of rotatable bonds is 7. The molecule has 0 spiro atoms. The minimum Gasteiger partial charge on any atom is -0.496 e. The number of aliphatic hydroxyl groups is 4. The van der Waals surface area contributed by atoms with Crippen LogP contribution in [0.15, 0.2) is 36.4 Å². The van der Waals surface area contributed by atoms with Gasteiger partial charge in [0.05, 0.1) is 43.0 Å². The molecular formula is C23H30O6S. The third kappa shape index (κ3) is 4.76. The normalized spacial score (nSPS) is 26.4. The van der Waals surface area contributed by atoms with Crippen molar-refractivity contribution < 1.29 is 29.9 Å². The summed E-state index contributed by atoms with van der Waals surface area (Å²) in [6.07, 6.45) is -3.01. The first-order valence-electron chi connectivity index (χ1n) is 10.1. The Labute approximate surface area is 181 Å². The lowest BCUT2D eigenvalue weighted by Gasteiger charge is -2.40. The predicted octanol–water partition coefficient (Wildman–Crippen LogP) is 2.22. The van der Waals surface area contributed by atoms with E-state index >= 15 is 0 Å². The highest BCUT2D eigenvalue weighted by atomic mass is 32.2. The summed E-state index contributed by atoms with van der Waals surface area (Å²) in [4.78, 5) is 0. The van der Waals surface area contributed by atoms with E-state index in [-0.39, 0.29) is 6.61 Å². The molecule has 0 saturated carbocycles. The van der Waals surface area contributed by atoms with Crippen molar-refractivity contribution in [2.45, 2.75) is 49.1 Å². The van der Waals surface area contributed by atoms with Gasteiger partial charge in [0.25, 0.3) is 0 Å². The van der Waals surface area contributed by atoms with Gasteiger partial charge in [0, 0.05) is 5.56 Å². The van der Waals surface area contributed by atoms with Gasteiger partial charge < -0.3 is 29.9 Å². The van der Waals surface area contributed by atoms with Crippen molar-refractivity contribution in [3.8, 4) is 11.5 Å². The lowest BCUT2D eigenvalue weighted by Crippen LogP contribution is -2.51. The van der Waals surface area contributed by atoms with E-state index in [0.29, 0.717) is 18.8 Å². The molecule has 0 aromatic heterocycles. The first kappa shape index (κ1) is 22.9. The number of aryl methyl sites for hydroxylation is 1. The van der Waals surface area contributed by atoms with E-state index in [0.717, 1.165) is 28.0 Å². The van der Waals surface area contributed by atoms with Crippen molar-refractivity contribution in [3.63, 3.8) is 0 Å². The fraction of sp³-hybridized carbons (Fsp3) is 0.478. The van der Waals surface area contributed by atoms with Gasteiger partial charge in [0.1, 0.15) is 17.6 Å². The Hall–Kier alpha value is -1.77. The van der Waals surface area contributed by atoms with Crippen LogP contribution in [0.1, 0.15) is 34.4 Å². The number of hydrogen-bond donors (Lipinski definition) is 4. The summed E-state index contributed by atoms with van der Waals surface area (Å²) in [6.45, 7) is 4.29. The summed E-state index contributed by atoms with van der Waals surface area (Å²) in [7, 11) is 1.57. The van der Waals surface area contributed by atoms with Crippen LogP contribution in [0.4, 0.5) is 0 Å². The van der Waals surface area contributed by atoms with E-state index in [1.807, 2.05) is 50.2 Å². The van der Waals surface area contributed by atoms with Crippen molar-refractivity contribution in [2.75, 3.05) is 20.3 Å². The molecule has 1 fully saturated rings. The van der Waals surface area contributed by atoms with Gasteiger partial charge >= 0.3 is 0 Å². The standard InChI is InChI=1S/C23H30O6S/c1-4-29-16-7-5-14(6-8-16)10-15-11-17(18(28-3)9-13(15)2)23-22(27)21(26)20(25)19(12-24)30-23/h5-9,11,19-27H,4,10,12H2,1-3H3/t19-,20?,21+,22-,23+/m1/s1. The molecule has 5 atom stereocenters. The number of benzene rings is 2. The number of ether oxygens (including phenoxy) is 2. The SMILES string of the molecule is CCOc1ccc(Cc2cc([C@@H]3S[C@H](CO)C(O)[C@H](O)[C@H]3O)c(OC)cc2C)cc1. The summed E-state index contributed by atoms with van der Waals surface area (Å²) in [5, 5.41) is 39.5. The van der Waals surface area contributed by atoms with E-state index in [1.54, 1.807) is 7.11 Å². The van der Waals surface area contributed by atoms with Gasteiger partial charge in [-0.1, -0.05) is 18.2 Å². The number of methoxy groups -OCH3 is 1. The van der Waals surface area contributed by atoms with Crippen LogP contribution < -0.4 is 9.47 Å². The molecule has 0 radical (unpaired) electrons. The van der Waals surface area contributed by atoms with Gasteiger partial charge in [-0.15, -0.1) is 11.8 Å². The van der Waals surface area contributed by atoms with E-state index in [2.05, 4.69) is 0 Å². The summed E-state index contributed by atoms with van der Waals surface area (Å²) in [5.74, 6) is 1.44. The maximum Gasteiger partial charge on any atom is 0.123 e. The molecule has 30 heavy (non-hydrogen) atoms. The van der Waals surface area contributed by atoms with Crippen LogP contribution in [0.25, 0.3) is 0 Å². The minimum absolute atomic E-state index is 0.292. The van der Waals surface area contributed by atoms with E-state index in [1.165, 1.54) is 11.8 Å². The smallest absolute Gasteiger partial charge is 0.123 e. The Morgan fingerprint density at radius 2 is 1.70 bits per heavy atom. The maximum atomic E-state index is 10.6. The van der Waals surface area contributed by atoms with Gasteiger partial charge in [0.15, 0.2) is 0 Å². The topological polar surface area (TPSA) is 99.4 Å². The molecule has 1 heterocycles. The third-order valence-corrected chi connectivity index (χ3v) is 7.12. The van der Waals surface area contributed by atoms with Crippen LogP contribution in [-0.2, 0) is 6.42 Å². The van der Waals surface area contributed by atoms with Crippen LogP contribution in [0.3, 0.4) is 0 Å². The second-order valence-corrected chi connectivity index (χ2v) is 8.91. The highest BCUT2D eigenvalue weighted by molar-refractivity contribution is 8.00. The van der Waals surface area contributed by atoms with Gasteiger partial charge in [-0.3, -0.25) is 0 Å². The van der Waals surface area contributed by atoms with Crippen LogP contribution >= 0.6 is 11.8 Å². The summed E-state index contributed by atoms with van der Waals surface area (Å²) < 4.78 is 11.1. The predicted molar refractivity (Wildman–Crippen MR) is 117 cm³/mol. The highest BCUT2D eigenvalue weighted by Gasteiger charge is 2.44. The second kappa shape index (κ2) is 10.0. The van der Waals surface area contributed by atoms with Gasteiger partial charge in [0.2, 0.25) is 0 Å². The average Bonchev–Trinajstić information content (AvgIpc) is 2.75. The minimum atomic E-state index is -1.34. The molecule has 3 rings (SSSR count). The Balaban J connectivity index is 1.93. The molecule has 0 amide bonds. The monoisotopic (exact) mass is 434 g/mol. The molecule has 4 N–H and O–H groups in total. The number of thioether (sulfide) groups is 1. The Morgan fingerprint density at radius 3 is 2.30 bits per heavy atom. The van der Waals surface area contributed by atoms with E-state index < -0.39 is 28.8 Å². The van der Waals surface area contributed by atoms with E-state index in [9.17, 15) is 20.4 Å². The first-order chi connectivity index (χ1) is 14.4. The molecule has 1 saturated heterocycles. The highest BCUT2D eigenvalue weighted by Crippen LogP contribution is 2.46. The van der Waals surface area contributed by atoms with Crippen LogP contribution in [0, 0.1) is 6.92 Å². The van der Waals surface area contributed by atoms with Crippen LogP contribution in [0.5, 0.6) is 11.5 Å². The number of hydrogen-bond acceptors (Lipinski definition) is 7. The zero-order valence-corrected chi connectivity index (χ0v) is 18.3. The second-order valence-electron chi connectivity index (χ2n) is 7.52. The molecule has 7 heteroatoms. The molecule has 0 aliphatic carbocycles. The fourth-order valence-corrected chi connectivity index (χ4v) is 5.22. The molecule has 2 aromatic rings. The third-order valence-electron chi connectivity index (χ3n) is 5.52. The van der Waals surface area contributed by atoms with Crippen molar-refractivity contribution in [2.24, 2.45) is 0 Å². The summed E-state index contributed by atoms with van der Waals surface area (Å²) in [6, 6.07) is 11.9. The van der Waals surface area contributed by atoms with Gasteiger partial charge in [-0.25, -0.2) is 0 Å². The van der Waals surface area contributed by atoms with Crippen molar-refractivity contribution >= 4 is 11.8 Å². The van der Waals surface area contributed by atoms with Crippen LogP contribution in [-0.4, -0.2) is 64.3 Å². The van der Waals surface area contributed by atoms with Crippen molar-refractivity contribution in [1.82, 2.24) is 0 Å². The Kier molecular flexibility index (Phi) is 7.65. The molecule has 1 unspecified atom stereocenters. The van der Waals surface area contributed by atoms with Crippen molar-refractivity contribution in [3.05, 3.63) is 58.7 Å². The lowest BCUT2D eigenvalue weighted by atomic mass is 9.92. The molecule has 6 nitrogen and oxygen atoms in total. The van der Waals surface area contributed by atoms with E-state index in [4.69, 9.17) is 9.47 Å². The largest absolute Gasteiger partial charge is 0.496 e. The van der Waals surface area contributed by atoms with Crippen LogP contribution in [0.2, 0.25) is 0 Å². The van der Waals surface area contributed by atoms with Gasteiger partial charge in [-0.2, -0.15) is 0 Å². The Bertz CT molecular complexity index is 838. The van der Waals surface area contributed by atoms with Gasteiger partial charge in [-0.05, 0) is 55.2 Å². The summed E-state index contributed by atoms with van der Waals surface area (Å²) >= 11 is 1.26. The Morgan fingerprint density at radius 1 is 1.00 bits per heavy atom. The van der Waals surface area contributed by atoms with Crippen molar-refractivity contribution in [1.29, 1.82) is 0 Å². The zero-order valence-electron chi connectivity index (χ0n) is 17.5. The quantitative estimate of drug-likeness (QED) is 0.530. The summed E-state index contributed by atoms with van der Waals surface area (Å²) in [5.41, 5.74) is 3.99. The average molecular weight is 435 g/mol. The molecule has 0 bridgehead atoms. The molecular weight excluding hydrogens is 404 g/mol. The molecule has 2 aromatic carbocycles. The lowest BCUT2D eigenvalue weighted by molar-refractivity contribution is -0.0701. The molecule has 164 valence electrons. The zero-order chi connectivity index (χ0) is 21.8. The maximum absolute atomic E-state index is 10.6. The fourth-order valence-electron chi connectivity index (χ4n) is 3.78.